The summed E-state index contributed by atoms with van der Waals surface area (Å²) in [5, 5.41) is 16.5. The molecule has 2 N–H and O–H groups in total. The Morgan fingerprint density at radius 1 is 1.47 bits per heavy atom. The third kappa shape index (κ3) is 4.22. The number of carbonyl (C=O) groups is 1. The molecule has 0 spiro atoms. The summed E-state index contributed by atoms with van der Waals surface area (Å²) >= 11 is 7.27. The van der Waals surface area contributed by atoms with Gasteiger partial charge in [-0.1, -0.05) is 16.8 Å². The zero-order valence-corrected chi connectivity index (χ0v) is 11.7. The summed E-state index contributed by atoms with van der Waals surface area (Å²) in [4.78, 5) is 12.9. The predicted octanol–water partition coefficient (Wildman–Crippen LogP) is 1.65. The van der Waals surface area contributed by atoms with Crippen LogP contribution in [0.15, 0.2) is 29.2 Å². The number of rotatable bonds is 5. The minimum absolute atomic E-state index is 0.0789. The van der Waals surface area contributed by atoms with Crippen LogP contribution >= 0.6 is 23.4 Å². The number of tetrazole rings is 1. The van der Waals surface area contributed by atoms with Crippen LogP contribution in [-0.4, -0.2) is 31.8 Å². The van der Waals surface area contributed by atoms with Crippen LogP contribution in [0.4, 0.5) is 0 Å². The van der Waals surface area contributed by atoms with E-state index in [1.165, 1.54) is 11.8 Å². The van der Waals surface area contributed by atoms with Gasteiger partial charge in [0, 0.05) is 9.92 Å². The molecule has 2 rings (SSSR count). The molecule has 0 fully saturated rings. The fourth-order valence-corrected chi connectivity index (χ4v) is 2.36. The van der Waals surface area contributed by atoms with Crippen LogP contribution in [-0.2, 0) is 11.3 Å². The van der Waals surface area contributed by atoms with E-state index in [1.807, 2.05) is 19.1 Å². The molecule has 0 bridgehead atoms. The first-order chi connectivity index (χ1) is 9.15. The number of hydrogen-bond donors (Lipinski definition) is 2. The van der Waals surface area contributed by atoms with E-state index in [0.29, 0.717) is 10.8 Å². The molecule has 1 aromatic heterocycles. The summed E-state index contributed by atoms with van der Waals surface area (Å²) in [6, 6.07) is 7.37. The molecule has 0 radical (unpaired) electrons. The summed E-state index contributed by atoms with van der Waals surface area (Å²) in [6.45, 7) is 2.10. The minimum Gasteiger partial charge on any atom is -0.348 e. The topological polar surface area (TPSA) is 83.6 Å². The number of aromatic nitrogens is 4. The van der Waals surface area contributed by atoms with E-state index in [-0.39, 0.29) is 17.7 Å². The molecule has 0 aliphatic carbocycles. The lowest BCUT2D eigenvalue weighted by atomic mass is 10.4. The van der Waals surface area contributed by atoms with E-state index in [1.54, 1.807) is 12.1 Å². The first-order valence-electron chi connectivity index (χ1n) is 5.57. The van der Waals surface area contributed by atoms with Gasteiger partial charge in [0.1, 0.15) is 0 Å². The maximum Gasteiger partial charge on any atom is 0.233 e. The summed E-state index contributed by atoms with van der Waals surface area (Å²) in [7, 11) is 0. The lowest BCUT2D eigenvalue weighted by Crippen LogP contribution is -2.30. The Balaban J connectivity index is 1.83. The van der Waals surface area contributed by atoms with Gasteiger partial charge in [0.25, 0.3) is 0 Å². The molecule has 1 aromatic carbocycles. The normalized spacial score (nSPS) is 12.1. The number of halogens is 1. The van der Waals surface area contributed by atoms with Crippen molar-refractivity contribution in [1.82, 2.24) is 25.9 Å². The number of carbonyl (C=O) groups excluding carboxylic acids is 1. The second kappa shape index (κ2) is 6.53. The molecule has 100 valence electrons. The highest BCUT2D eigenvalue weighted by Crippen LogP contribution is 2.24. The van der Waals surface area contributed by atoms with E-state index in [2.05, 4.69) is 25.9 Å². The summed E-state index contributed by atoms with van der Waals surface area (Å²) in [5.41, 5.74) is 0. The Kier molecular flexibility index (Phi) is 4.75. The number of nitrogens with zero attached hydrogens (tertiary/aromatic N) is 3. The maximum atomic E-state index is 11.9. The third-order valence-electron chi connectivity index (χ3n) is 2.31. The molecule has 6 nitrogen and oxygen atoms in total. The molecule has 1 amide bonds. The van der Waals surface area contributed by atoms with Crippen molar-refractivity contribution in [2.24, 2.45) is 0 Å². The Hall–Kier alpha value is -1.60. The molecule has 0 saturated carbocycles. The SMILES string of the molecule is CC(Sc1ccc(Cl)cc1)C(=O)NCc1nn[nH]n1. The zero-order valence-electron chi connectivity index (χ0n) is 10.1. The molecular formula is C11H12ClN5OS. The highest BCUT2D eigenvalue weighted by Gasteiger charge is 2.14. The quantitative estimate of drug-likeness (QED) is 0.820. The first-order valence-corrected chi connectivity index (χ1v) is 6.83. The molecule has 0 aliphatic rings. The lowest BCUT2D eigenvalue weighted by Gasteiger charge is -2.10. The van der Waals surface area contributed by atoms with Crippen molar-refractivity contribution in [2.75, 3.05) is 0 Å². The van der Waals surface area contributed by atoms with E-state index >= 15 is 0 Å². The monoisotopic (exact) mass is 297 g/mol. The molecule has 19 heavy (non-hydrogen) atoms. The van der Waals surface area contributed by atoms with Gasteiger partial charge >= 0.3 is 0 Å². The molecule has 2 aromatic rings. The van der Waals surface area contributed by atoms with Crippen molar-refractivity contribution < 1.29 is 4.79 Å². The minimum atomic E-state index is -0.215. The van der Waals surface area contributed by atoms with Gasteiger partial charge in [-0.25, -0.2) is 0 Å². The summed E-state index contributed by atoms with van der Waals surface area (Å²) < 4.78 is 0. The van der Waals surface area contributed by atoms with Crippen LogP contribution in [0.5, 0.6) is 0 Å². The molecule has 1 unspecified atom stereocenters. The smallest absolute Gasteiger partial charge is 0.233 e. The van der Waals surface area contributed by atoms with Crippen molar-refractivity contribution in [1.29, 1.82) is 0 Å². The highest BCUT2D eigenvalue weighted by molar-refractivity contribution is 8.00. The van der Waals surface area contributed by atoms with Crippen LogP contribution in [0.25, 0.3) is 0 Å². The Labute approximate surface area is 119 Å². The maximum absolute atomic E-state index is 11.9. The average Bonchev–Trinajstić information content (AvgIpc) is 2.91. The van der Waals surface area contributed by atoms with E-state index in [0.717, 1.165) is 4.90 Å². The number of nitrogens with one attached hydrogen (secondary N) is 2. The molecule has 8 heteroatoms. The van der Waals surface area contributed by atoms with Crippen molar-refractivity contribution in [3.05, 3.63) is 35.1 Å². The van der Waals surface area contributed by atoms with Gasteiger partial charge < -0.3 is 5.32 Å². The molecular weight excluding hydrogens is 286 g/mol. The van der Waals surface area contributed by atoms with E-state index in [4.69, 9.17) is 11.6 Å². The number of hydrogen-bond acceptors (Lipinski definition) is 5. The third-order valence-corrected chi connectivity index (χ3v) is 3.67. The number of H-pyrrole nitrogens is 1. The van der Waals surface area contributed by atoms with Gasteiger partial charge in [0.05, 0.1) is 11.8 Å². The van der Waals surface area contributed by atoms with Gasteiger partial charge in [0.2, 0.25) is 5.91 Å². The summed E-state index contributed by atoms with van der Waals surface area (Å²) in [6.07, 6.45) is 0. The first kappa shape index (κ1) is 13.8. The number of benzene rings is 1. The molecule has 0 aliphatic heterocycles. The van der Waals surface area contributed by atoms with E-state index in [9.17, 15) is 4.79 Å². The molecule has 1 atom stereocenters. The second-order valence-electron chi connectivity index (χ2n) is 3.76. The molecule has 0 saturated heterocycles. The van der Waals surface area contributed by atoms with Crippen molar-refractivity contribution in [3.63, 3.8) is 0 Å². The van der Waals surface area contributed by atoms with Crippen LogP contribution in [0, 0.1) is 0 Å². The summed E-state index contributed by atoms with van der Waals surface area (Å²) in [5.74, 6) is 0.377. The van der Waals surface area contributed by atoms with Crippen LogP contribution < -0.4 is 5.32 Å². The lowest BCUT2D eigenvalue weighted by molar-refractivity contribution is -0.120. The van der Waals surface area contributed by atoms with Gasteiger partial charge in [-0.2, -0.15) is 5.21 Å². The van der Waals surface area contributed by atoms with Crippen molar-refractivity contribution in [2.45, 2.75) is 23.6 Å². The number of aromatic amines is 1. The van der Waals surface area contributed by atoms with Crippen LogP contribution in [0.2, 0.25) is 5.02 Å². The second-order valence-corrected chi connectivity index (χ2v) is 5.61. The number of thioether (sulfide) groups is 1. The average molecular weight is 298 g/mol. The van der Waals surface area contributed by atoms with Crippen molar-refractivity contribution >= 4 is 29.3 Å². The Bertz CT molecular complexity index is 531. The van der Waals surface area contributed by atoms with Crippen molar-refractivity contribution in [3.8, 4) is 0 Å². The van der Waals surface area contributed by atoms with Gasteiger partial charge in [-0.3, -0.25) is 4.79 Å². The fourth-order valence-electron chi connectivity index (χ4n) is 1.34. The van der Waals surface area contributed by atoms with E-state index < -0.39 is 0 Å². The molecule has 1 heterocycles. The Morgan fingerprint density at radius 3 is 2.84 bits per heavy atom. The van der Waals surface area contributed by atoms with Gasteiger partial charge in [-0.05, 0) is 31.2 Å². The van der Waals surface area contributed by atoms with Crippen LogP contribution in [0.3, 0.4) is 0 Å². The fraction of sp³-hybridized carbons (Fsp3) is 0.273. The number of amides is 1. The zero-order chi connectivity index (χ0) is 13.7. The van der Waals surface area contributed by atoms with Gasteiger partial charge in [0.15, 0.2) is 5.82 Å². The van der Waals surface area contributed by atoms with Crippen LogP contribution in [0.1, 0.15) is 12.7 Å². The standard InChI is InChI=1S/C11H12ClN5OS/c1-7(19-9-4-2-8(12)3-5-9)11(18)13-6-10-14-16-17-15-10/h2-5,7H,6H2,1H3,(H,13,18)(H,14,15,16,17). The largest absolute Gasteiger partial charge is 0.348 e. The van der Waals surface area contributed by atoms with Gasteiger partial charge in [-0.15, -0.1) is 22.0 Å². The Morgan fingerprint density at radius 2 is 2.21 bits per heavy atom. The highest BCUT2D eigenvalue weighted by atomic mass is 35.5. The predicted molar refractivity (Wildman–Crippen MR) is 72.8 cm³/mol.